The molecule has 4 heterocycles. The van der Waals surface area contributed by atoms with Gasteiger partial charge in [-0.1, -0.05) is 6.08 Å². The number of hydrogen-bond acceptors (Lipinski definition) is 6. The third-order valence-electron chi connectivity index (χ3n) is 7.48. The molecule has 1 saturated heterocycles. The molecule has 3 aromatic rings. The molecule has 2 aliphatic heterocycles. The van der Waals surface area contributed by atoms with Crippen LogP contribution in [0.15, 0.2) is 62.1 Å². The van der Waals surface area contributed by atoms with E-state index in [2.05, 4.69) is 0 Å². The van der Waals surface area contributed by atoms with E-state index in [9.17, 15) is 28.7 Å². The first kappa shape index (κ1) is 24.0. The van der Waals surface area contributed by atoms with Gasteiger partial charge < -0.3 is 9.52 Å². The van der Waals surface area contributed by atoms with Crippen molar-refractivity contribution in [3.05, 3.63) is 86.4 Å². The normalized spacial score (nSPS) is 28.7. The summed E-state index contributed by atoms with van der Waals surface area (Å²) in [6, 6.07) is 6.85. The third-order valence-corrected chi connectivity index (χ3v) is 8.89. The summed E-state index contributed by atoms with van der Waals surface area (Å²) < 4.78 is 22.8. The van der Waals surface area contributed by atoms with Crippen molar-refractivity contribution in [3.8, 4) is 0 Å². The van der Waals surface area contributed by atoms with Gasteiger partial charge in [0.2, 0.25) is 0 Å². The van der Waals surface area contributed by atoms with Crippen LogP contribution in [0.3, 0.4) is 0 Å². The smallest absolute Gasteiger partial charge is 0.347 e. The lowest BCUT2D eigenvalue weighted by molar-refractivity contribution is -0.122. The lowest BCUT2D eigenvalue weighted by Gasteiger charge is -2.48. The number of halogens is 3. The number of nitrogens with zero attached hydrogens (tertiary/aromatic N) is 4. The van der Waals surface area contributed by atoms with E-state index >= 15 is 0 Å². The second-order valence-corrected chi connectivity index (χ2v) is 10.5. The number of imide groups is 1. The van der Waals surface area contributed by atoms with Gasteiger partial charge in [0.25, 0.3) is 11.8 Å². The van der Waals surface area contributed by atoms with Crippen LogP contribution in [0.2, 0.25) is 0 Å². The van der Waals surface area contributed by atoms with E-state index in [0.29, 0.717) is 5.57 Å². The van der Waals surface area contributed by atoms with Crippen molar-refractivity contribution >= 4 is 40.7 Å². The van der Waals surface area contributed by atoms with Crippen molar-refractivity contribution in [1.29, 1.82) is 0 Å². The molecule has 1 aliphatic carbocycles. The van der Waals surface area contributed by atoms with Crippen LogP contribution in [-0.4, -0.2) is 40.6 Å². The molecule has 2 fully saturated rings. The van der Waals surface area contributed by atoms with Gasteiger partial charge >= 0.3 is 11.4 Å². The molecular formula is C24H19Cl2FN4O6. The zero-order chi connectivity index (χ0) is 26.4. The van der Waals surface area contributed by atoms with Crippen LogP contribution in [0, 0.1) is 5.82 Å². The summed E-state index contributed by atoms with van der Waals surface area (Å²) in [4.78, 5) is 50.3. The summed E-state index contributed by atoms with van der Waals surface area (Å²) in [5, 5.41) is 9.58. The molecule has 192 valence electrons. The quantitative estimate of drug-likeness (QED) is 0.302. The second-order valence-electron chi connectivity index (χ2n) is 9.31. The lowest BCUT2D eigenvalue weighted by atomic mass is 9.65. The first-order chi connectivity index (χ1) is 17.5. The predicted octanol–water partition coefficient (Wildman–Crippen LogP) is 1.77. The summed E-state index contributed by atoms with van der Waals surface area (Å²) in [5.41, 5.74) is -0.624. The number of carbonyl (C=O) groups is 2. The van der Waals surface area contributed by atoms with Crippen LogP contribution in [0.4, 0.5) is 10.1 Å². The second kappa shape index (κ2) is 7.80. The summed E-state index contributed by atoms with van der Waals surface area (Å²) in [6.07, 6.45) is 1.40. The van der Waals surface area contributed by atoms with E-state index in [1.807, 2.05) is 0 Å². The standard InChI is InChI=1S/C24H19Cl2FN4O6/c1-28-21(35)29-9-8-15-16(31(29)22(28)36)10-23(25)19(33)30(13-4-2-12(27)3-5-13)20(34)24(23,26)18(15)17-7-6-14(11-32)37-17/h2-8,16,18,32H,9-11H2,1H3/t16-,18-,23-,24+/m1/s1. The SMILES string of the molecule is Cn1c(=O)n2n(c1=O)[C@@H]1C[C@@]3(Cl)C(=O)N(c4ccc(F)cc4)C(=O)[C@@]3(Cl)[C@@H](c3ccc(CO)o3)C1=CC2. The number of benzene rings is 1. The Bertz CT molecular complexity index is 1640. The largest absolute Gasteiger partial charge is 0.463 e. The fourth-order valence-electron chi connectivity index (χ4n) is 5.72. The van der Waals surface area contributed by atoms with Gasteiger partial charge in [-0.15, -0.1) is 23.2 Å². The van der Waals surface area contributed by atoms with Crippen molar-refractivity contribution < 1.29 is 23.5 Å². The van der Waals surface area contributed by atoms with Gasteiger partial charge in [-0.05, 0) is 42.0 Å². The highest BCUT2D eigenvalue weighted by Crippen LogP contribution is 2.63. The average Bonchev–Trinajstić information content (AvgIpc) is 3.48. The number of amides is 2. The van der Waals surface area contributed by atoms with E-state index in [-0.39, 0.29) is 30.2 Å². The number of furan rings is 1. The fourth-order valence-corrected chi connectivity index (χ4v) is 6.61. The maximum absolute atomic E-state index is 14.0. The van der Waals surface area contributed by atoms with Crippen LogP contribution < -0.4 is 16.3 Å². The number of alkyl halides is 2. The van der Waals surface area contributed by atoms with Crippen molar-refractivity contribution in [2.24, 2.45) is 7.05 Å². The zero-order valence-electron chi connectivity index (χ0n) is 19.2. The molecule has 3 aliphatic rings. The highest BCUT2D eigenvalue weighted by molar-refractivity contribution is 6.58. The van der Waals surface area contributed by atoms with E-state index in [0.717, 1.165) is 21.6 Å². The van der Waals surface area contributed by atoms with Gasteiger partial charge in [-0.25, -0.2) is 32.8 Å². The fraction of sp³-hybridized carbons (Fsp3) is 0.333. The van der Waals surface area contributed by atoms with Crippen molar-refractivity contribution in [2.45, 2.75) is 41.3 Å². The number of fused-ring (bicyclic) bond motifs is 4. The molecule has 0 bridgehead atoms. The summed E-state index contributed by atoms with van der Waals surface area (Å²) >= 11 is 14.2. The Morgan fingerprint density at radius 1 is 1.05 bits per heavy atom. The Morgan fingerprint density at radius 3 is 2.41 bits per heavy atom. The molecule has 2 aromatic heterocycles. The molecule has 1 aromatic carbocycles. The third kappa shape index (κ3) is 2.90. The maximum atomic E-state index is 14.0. The zero-order valence-corrected chi connectivity index (χ0v) is 20.7. The molecule has 2 amide bonds. The average molecular weight is 549 g/mol. The molecule has 37 heavy (non-hydrogen) atoms. The Balaban J connectivity index is 1.61. The number of rotatable bonds is 3. The van der Waals surface area contributed by atoms with E-state index < -0.39 is 57.3 Å². The number of aromatic nitrogens is 3. The Kier molecular flexibility index (Phi) is 5.05. The molecular weight excluding hydrogens is 530 g/mol. The number of aliphatic hydroxyl groups excluding tert-OH is 1. The summed E-state index contributed by atoms with van der Waals surface area (Å²) in [7, 11) is 1.34. The first-order valence-corrected chi connectivity index (χ1v) is 12.1. The van der Waals surface area contributed by atoms with Crippen LogP contribution in [0.25, 0.3) is 0 Å². The van der Waals surface area contributed by atoms with Gasteiger partial charge in [0.05, 0.1) is 24.2 Å². The van der Waals surface area contributed by atoms with Crippen molar-refractivity contribution in [1.82, 2.24) is 13.9 Å². The predicted molar refractivity (Wildman–Crippen MR) is 129 cm³/mol. The Hall–Kier alpha value is -3.41. The van der Waals surface area contributed by atoms with Gasteiger partial charge in [-0.2, -0.15) is 0 Å². The molecule has 0 unspecified atom stereocenters. The van der Waals surface area contributed by atoms with E-state index in [1.54, 1.807) is 6.08 Å². The van der Waals surface area contributed by atoms with Gasteiger partial charge in [-0.3, -0.25) is 9.59 Å². The lowest BCUT2D eigenvalue weighted by Crippen LogP contribution is -2.59. The highest BCUT2D eigenvalue weighted by Gasteiger charge is 2.76. The monoisotopic (exact) mass is 548 g/mol. The van der Waals surface area contributed by atoms with E-state index in [4.69, 9.17) is 27.6 Å². The van der Waals surface area contributed by atoms with Gasteiger partial charge in [0.1, 0.15) is 23.9 Å². The van der Waals surface area contributed by atoms with Crippen LogP contribution in [0.1, 0.15) is 29.9 Å². The summed E-state index contributed by atoms with van der Waals surface area (Å²) in [5.74, 6) is -3.04. The number of aliphatic hydroxyl groups is 1. The maximum Gasteiger partial charge on any atom is 0.347 e. The van der Waals surface area contributed by atoms with Crippen molar-refractivity contribution in [3.63, 3.8) is 0 Å². The minimum atomic E-state index is -2.10. The molecule has 6 rings (SSSR count). The molecule has 0 radical (unpaired) electrons. The van der Waals surface area contributed by atoms with Crippen LogP contribution in [-0.2, 0) is 29.8 Å². The molecule has 13 heteroatoms. The molecule has 1 N–H and O–H groups in total. The van der Waals surface area contributed by atoms with Gasteiger partial charge in [0.15, 0.2) is 9.75 Å². The van der Waals surface area contributed by atoms with Crippen molar-refractivity contribution in [2.75, 3.05) is 4.90 Å². The minimum Gasteiger partial charge on any atom is -0.463 e. The van der Waals surface area contributed by atoms with Crippen LogP contribution >= 0.6 is 23.2 Å². The topological polar surface area (TPSA) is 120 Å². The minimum absolute atomic E-state index is 0.0108. The first-order valence-electron chi connectivity index (χ1n) is 11.3. The Morgan fingerprint density at radius 2 is 1.76 bits per heavy atom. The van der Waals surface area contributed by atoms with Crippen LogP contribution in [0.5, 0.6) is 0 Å². The number of allylic oxidation sites excluding steroid dienone is 2. The Labute approximate surface area is 217 Å². The van der Waals surface area contributed by atoms with Gasteiger partial charge in [0, 0.05) is 13.5 Å². The number of carbonyl (C=O) groups excluding carboxylic acids is 2. The van der Waals surface area contributed by atoms with E-state index in [1.165, 1.54) is 40.7 Å². The number of anilines is 1. The molecule has 10 nitrogen and oxygen atoms in total. The summed E-state index contributed by atoms with van der Waals surface area (Å²) in [6.45, 7) is -0.417. The molecule has 0 spiro atoms. The molecule has 4 atom stereocenters. The molecule has 1 saturated carbocycles. The highest BCUT2D eigenvalue weighted by atomic mass is 35.5. The number of hydrogen-bond donors (Lipinski definition) is 1.